The third-order valence-corrected chi connectivity index (χ3v) is 3.44. The third kappa shape index (κ3) is 4.26. The van der Waals surface area contributed by atoms with Crippen LogP contribution in [0.2, 0.25) is 0 Å². The summed E-state index contributed by atoms with van der Waals surface area (Å²) in [6.07, 6.45) is 0. The smallest absolute Gasteiger partial charge is 0.275 e. The number of likely N-dealkylation sites (N-methyl/N-ethyl adjacent to an activating group) is 1. The molecule has 2 aromatic rings. The van der Waals surface area contributed by atoms with Crippen LogP contribution in [0.25, 0.3) is 5.69 Å². The fraction of sp³-hybridized carbons (Fsp3) is 0.353. The molecule has 122 valence electrons. The van der Waals surface area contributed by atoms with E-state index in [9.17, 15) is 9.59 Å². The van der Waals surface area contributed by atoms with Gasteiger partial charge in [0.1, 0.15) is 0 Å². The molecule has 0 fully saturated rings. The summed E-state index contributed by atoms with van der Waals surface area (Å²) < 4.78 is 1.60. The van der Waals surface area contributed by atoms with E-state index >= 15 is 0 Å². The largest absolute Gasteiger partial charge is 0.349 e. The van der Waals surface area contributed by atoms with Crippen LogP contribution in [-0.4, -0.2) is 34.8 Å². The zero-order chi connectivity index (χ0) is 16.8. The van der Waals surface area contributed by atoms with Crippen LogP contribution in [-0.2, 0) is 0 Å². The maximum Gasteiger partial charge on any atom is 0.275 e. The molecule has 0 aliphatic rings. The summed E-state index contributed by atoms with van der Waals surface area (Å²) in [7, 11) is 0. The van der Waals surface area contributed by atoms with E-state index < -0.39 is 5.91 Å². The van der Waals surface area contributed by atoms with Crippen molar-refractivity contribution >= 4 is 5.91 Å². The first-order valence-corrected chi connectivity index (χ1v) is 7.71. The summed E-state index contributed by atoms with van der Waals surface area (Å²) in [6.45, 7) is 7.01. The number of carbonyl (C=O) groups is 1. The highest BCUT2D eigenvalue weighted by Gasteiger charge is 2.15. The van der Waals surface area contributed by atoms with E-state index in [0.717, 1.165) is 12.2 Å². The Morgan fingerprint density at radius 1 is 1.30 bits per heavy atom. The van der Waals surface area contributed by atoms with Crippen molar-refractivity contribution in [1.29, 1.82) is 0 Å². The summed E-state index contributed by atoms with van der Waals surface area (Å²) >= 11 is 0. The SMILES string of the molecule is CCN[C@H](C)CNC(=O)c1nn(-c2ccccc2)c(C)cc1=O. The standard InChI is InChI=1S/C17H22N4O2/c1-4-18-12(2)11-19-17(23)16-15(22)10-13(3)21(20-16)14-8-6-5-7-9-14/h5-10,12,18H,4,11H2,1-3H3,(H,19,23)/t12-/m1/s1. The zero-order valence-electron chi connectivity index (χ0n) is 13.7. The maximum absolute atomic E-state index is 12.3. The Morgan fingerprint density at radius 2 is 2.00 bits per heavy atom. The quantitative estimate of drug-likeness (QED) is 0.842. The molecule has 0 saturated carbocycles. The van der Waals surface area contributed by atoms with Crippen LogP contribution in [0.3, 0.4) is 0 Å². The van der Waals surface area contributed by atoms with Gasteiger partial charge in [-0.1, -0.05) is 25.1 Å². The lowest BCUT2D eigenvalue weighted by Crippen LogP contribution is -2.40. The number of aryl methyl sites for hydroxylation is 1. The molecule has 0 bridgehead atoms. The molecular formula is C17H22N4O2. The molecule has 6 heteroatoms. The van der Waals surface area contributed by atoms with E-state index in [0.29, 0.717) is 12.2 Å². The topological polar surface area (TPSA) is 76.0 Å². The molecule has 6 nitrogen and oxygen atoms in total. The van der Waals surface area contributed by atoms with Gasteiger partial charge in [0, 0.05) is 24.3 Å². The highest BCUT2D eigenvalue weighted by atomic mass is 16.2. The van der Waals surface area contributed by atoms with E-state index in [1.807, 2.05) is 44.2 Å². The lowest BCUT2D eigenvalue weighted by atomic mass is 10.2. The molecule has 1 heterocycles. The molecule has 0 aliphatic carbocycles. The highest BCUT2D eigenvalue weighted by molar-refractivity contribution is 5.92. The fourth-order valence-corrected chi connectivity index (χ4v) is 2.29. The second kappa shape index (κ2) is 7.69. The Hall–Kier alpha value is -2.47. The molecule has 1 aromatic carbocycles. The van der Waals surface area contributed by atoms with Crippen molar-refractivity contribution in [3.8, 4) is 5.69 Å². The van der Waals surface area contributed by atoms with Crippen LogP contribution in [0.1, 0.15) is 30.0 Å². The molecule has 2 rings (SSSR count). The summed E-state index contributed by atoms with van der Waals surface area (Å²) in [4.78, 5) is 24.3. The van der Waals surface area contributed by atoms with E-state index in [2.05, 4.69) is 15.7 Å². The molecule has 0 saturated heterocycles. The van der Waals surface area contributed by atoms with Gasteiger partial charge in [-0.2, -0.15) is 5.10 Å². The number of hydrogen-bond acceptors (Lipinski definition) is 4. The van der Waals surface area contributed by atoms with Gasteiger partial charge in [0.25, 0.3) is 5.91 Å². The molecule has 1 atom stereocenters. The molecule has 1 amide bonds. The summed E-state index contributed by atoms with van der Waals surface area (Å²) in [5.74, 6) is -0.454. The van der Waals surface area contributed by atoms with E-state index in [4.69, 9.17) is 0 Å². The van der Waals surface area contributed by atoms with Crippen LogP contribution >= 0.6 is 0 Å². The average molecular weight is 314 g/mol. The predicted octanol–water partition coefficient (Wildman–Crippen LogP) is 1.27. The first-order chi connectivity index (χ1) is 11.0. The molecule has 23 heavy (non-hydrogen) atoms. The second-order valence-corrected chi connectivity index (χ2v) is 5.41. The van der Waals surface area contributed by atoms with Gasteiger partial charge in [0.2, 0.25) is 5.43 Å². The normalized spacial score (nSPS) is 12.0. The number of carbonyl (C=O) groups excluding carboxylic acids is 1. The Bertz CT molecular complexity index is 725. The number of nitrogens with zero attached hydrogens (tertiary/aromatic N) is 2. The van der Waals surface area contributed by atoms with E-state index in [1.54, 1.807) is 11.6 Å². The molecule has 0 radical (unpaired) electrons. The van der Waals surface area contributed by atoms with Crippen LogP contribution in [0, 0.1) is 6.92 Å². The van der Waals surface area contributed by atoms with Crippen LogP contribution in [0.15, 0.2) is 41.2 Å². The number of amides is 1. The van der Waals surface area contributed by atoms with Crippen molar-refractivity contribution in [2.24, 2.45) is 0 Å². The number of aromatic nitrogens is 2. The minimum Gasteiger partial charge on any atom is -0.349 e. The Balaban J connectivity index is 2.25. The average Bonchev–Trinajstić information content (AvgIpc) is 2.54. The Kier molecular flexibility index (Phi) is 5.65. The van der Waals surface area contributed by atoms with Crippen molar-refractivity contribution in [3.05, 3.63) is 58.0 Å². The lowest BCUT2D eigenvalue weighted by molar-refractivity contribution is 0.0942. The number of hydrogen-bond donors (Lipinski definition) is 2. The second-order valence-electron chi connectivity index (χ2n) is 5.41. The van der Waals surface area contributed by atoms with Crippen LogP contribution in [0.5, 0.6) is 0 Å². The molecule has 0 spiro atoms. The van der Waals surface area contributed by atoms with Crippen molar-refractivity contribution in [3.63, 3.8) is 0 Å². The van der Waals surface area contributed by atoms with Gasteiger partial charge in [0.15, 0.2) is 5.69 Å². The molecule has 0 aliphatic heterocycles. The van der Waals surface area contributed by atoms with Gasteiger partial charge in [0.05, 0.1) is 5.69 Å². The van der Waals surface area contributed by atoms with Crippen molar-refractivity contribution in [2.75, 3.05) is 13.1 Å². The molecule has 0 unspecified atom stereocenters. The van der Waals surface area contributed by atoms with E-state index in [-0.39, 0.29) is 17.2 Å². The first-order valence-electron chi connectivity index (χ1n) is 7.71. The number of rotatable bonds is 6. The van der Waals surface area contributed by atoms with Crippen LogP contribution < -0.4 is 16.1 Å². The Labute approximate surface area is 135 Å². The minimum atomic E-state index is -0.454. The van der Waals surface area contributed by atoms with Crippen LogP contribution in [0.4, 0.5) is 0 Å². The predicted molar refractivity (Wildman–Crippen MR) is 90.0 cm³/mol. The van der Waals surface area contributed by atoms with Gasteiger partial charge in [-0.05, 0) is 32.5 Å². The number of para-hydroxylation sites is 1. The highest BCUT2D eigenvalue weighted by Crippen LogP contribution is 2.07. The zero-order valence-corrected chi connectivity index (χ0v) is 13.7. The molecule has 2 N–H and O–H groups in total. The van der Waals surface area contributed by atoms with Crippen molar-refractivity contribution in [1.82, 2.24) is 20.4 Å². The van der Waals surface area contributed by atoms with E-state index in [1.165, 1.54) is 6.07 Å². The van der Waals surface area contributed by atoms with Gasteiger partial charge in [-0.15, -0.1) is 0 Å². The summed E-state index contributed by atoms with van der Waals surface area (Å²) in [5.41, 5.74) is 1.02. The van der Waals surface area contributed by atoms with Crippen molar-refractivity contribution < 1.29 is 4.79 Å². The molecular weight excluding hydrogens is 292 g/mol. The van der Waals surface area contributed by atoms with Gasteiger partial charge < -0.3 is 10.6 Å². The number of nitrogens with one attached hydrogen (secondary N) is 2. The lowest BCUT2D eigenvalue weighted by Gasteiger charge is -2.14. The fourth-order valence-electron chi connectivity index (χ4n) is 2.29. The maximum atomic E-state index is 12.3. The minimum absolute atomic E-state index is 0.0943. The van der Waals surface area contributed by atoms with Gasteiger partial charge in [-0.3, -0.25) is 9.59 Å². The van der Waals surface area contributed by atoms with Gasteiger partial charge >= 0.3 is 0 Å². The summed E-state index contributed by atoms with van der Waals surface area (Å²) in [5, 5.41) is 10.2. The van der Waals surface area contributed by atoms with Crippen molar-refractivity contribution in [2.45, 2.75) is 26.8 Å². The number of benzene rings is 1. The third-order valence-electron chi connectivity index (χ3n) is 3.44. The first kappa shape index (κ1) is 16.9. The summed E-state index contributed by atoms with van der Waals surface area (Å²) in [6, 6.07) is 11.0. The Morgan fingerprint density at radius 3 is 2.65 bits per heavy atom. The molecule has 1 aromatic heterocycles. The van der Waals surface area contributed by atoms with Gasteiger partial charge in [-0.25, -0.2) is 4.68 Å². The monoisotopic (exact) mass is 314 g/mol.